The molecule has 0 fully saturated rings. The molecule has 4 aromatic rings. The quantitative estimate of drug-likeness (QED) is 0.520. The van der Waals surface area contributed by atoms with E-state index in [0.29, 0.717) is 23.9 Å². The number of quaternary nitrogens is 1. The Morgan fingerprint density at radius 2 is 1.71 bits per heavy atom. The first-order valence-corrected chi connectivity index (χ1v) is 10.5. The second-order valence-electron chi connectivity index (χ2n) is 7.33. The van der Waals surface area contributed by atoms with Crippen LogP contribution in [0.15, 0.2) is 70.8 Å². The average Bonchev–Trinajstić information content (AvgIpc) is 3.14. The summed E-state index contributed by atoms with van der Waals surface area (Å²) < 4.78 is 0. The highest BCUT2D eigenvalue weighted by Gasteiger charge is 2.20. The number of fused-ring (bicyclic) bond motifs is 1. The molecule has 142 valence electrons. The summed E-state index contributed by atoms with van der Waals surface area (Å²) >= 11 is 1.53. The molecule has 4 rings (SSSR count). The molecule has 0 radical (unpaired) electrons. The van der Waals surface area contributed by atoms with Gasteiger partial charge in [-0.1, -0.05) is 74.5 Å². The number of hydrogen-bond acceptors (Lipinski definition) is 3. The van der Waals surface area contributed by atoms with Crippen molar-refractivity contribution in [2.45, 2.75) is 26.4 Å². The first kappa shape index (κ1) is 18.6. The molecule has 0 spiro atoms. The molecule has 0 saturated heterocycles. The monoisotopic (exact) mass is 390 g/mol. The average molecular weight is 391 g/mol. The van der Waals surface area contributed by atoms with Gasteiger partial charge in [-0.15, -0.1) is 11.3 Å². The van der Waals surface area contributed by atoms with Gasteiger partial charge in [0.2, 0.25) is 0 Å². The number of nitrogens with two attached hydrogens (primary N) is 1. The van der Waals surface area contributed by atoms with E-state index in [2.05, 4.69) is 48.4 Å². The fourth-order valence-corrected chi connectivity index (χ4v) is 4.59. The van der Waals surface area contributed by atoms with Crippen LogP contribution in [-0.4, -0.2) is 9.97 Å². The Kier molecular flexibility index (Phi) is 5.37. The Bertz CT molecular complexity index is 1120. The molecule has 0 amide bonds. The van der Waals surface area contributed by atoms with Crippen LogP contribution in [0.2, 0.25) is 0 Å². The Morgan fingerprint density at radius 1 is 1.04 bits per heavy atom. The van der Waals surface area contributed by atoms with Gasteiger partial charge in [-0.25, -0.2) is 4.98 Å². The second-order valence-corrected chi connectivity index (χ2v) is 8.19. The van der Waals surface area contributed by atoms with E-state index in [0.717, 1.165) is 21.8 Å². The van der Waals surface area contributed by atoms with Crippen LogP contribution in [0.25, 0.3) is 21.3 Å². The third-order valence-corrected chi connectivity index (χ3v) is 5.92. The van der Waals surface area contributed by atoms with Gasteiger partial charge in [0.15, 0.2) is 5.82 Å². The van der Waals surface area contributed by atoms with E-state index in [1.165, 1.54) is 16.9 Å². The van der Waals surface area contributed by atoms with Gasteiger partial charge in [-0.05, 0) is 5.56 Å². The van der Waals surface area contributed by atoms with Crippen molar-refractivity contribution in [1.82, 2.24) is 9.97 Å². The normalized spacial score (nSPS) is 12.5. The van der Waals surface area contributed by atoms with Crippen molar-refractivity contribution in [3.8, 4) is 11.1 Å². The lowest BCUT2D eigenvalue weighted by Gasteiger charge is -2.19. The lowest BCUT2D eigenvalue weighted by molar-refractivity contribution is -0.718. The smallest absolute Gasteiger partial charge is 0.260 e. The van der Waals surface area contributed by atoms with Crippen LogP contribution in [0, 0.1) is 5.92 Å². The number of thiophene rings is 1. The zero-order valence-electron chi connectivity index (χ0n) is 16.1. The van der Waals surface area contributed by atoms with Crippen LogP contribution in [0.4, 0.5) is 0 Å². The fraction of sp³-hybridized carbons (Fsp3) is 0.217. The van der Waals surface area contributed by atoms with Crippen molar-refractivity contribution in [3.63, 3.8) is 0 Å². The molecule has 0 aliphatic carbocycles. The van der Waals surface area contributed by atoms with Gasteiger partial charge >= 0.3 is 0 Å². The van der Waals surface area contributed by atoms with Crippen LogP contribution >= 0.6 is 11.3 Å². The summed E-state index contributed by atoms with van der Waals surface area (Å²) in [4.78, 5) is 21.3. The first-order chi connectivity index (χ1) is 13.6. The maximum Gasteiger partial charge on any atom is 0.260 e. The van der Waals surface area contributed by atoms with Gasteiger partial charge in [0.25, 0.3) is 5.56 Å². The molecule has 0 bridgehead atoms. The molecular weight excluding hydrogens is 366 g/mol. The van der Waals surface area contributed by atoms with Crippen molar-refractivity contribution in [2.75, 3.05) is 0 Å². The first-order valence-electron chi connectivity index (χ1n) is 9.57. The fourth-order valence-electron chi connectivity index (χ4n) is 3.63. The highest BCUT2D eigenvalue weighted by molar-refractivity contribution is 7.17. The number of benzene rings is 2. The summed E-state index contributed by atoms with van der Waals surface area (Å²) in [6.45, 7) is 5.08. The molecule has 2 aromatic carbocycles. The van der Waals surface area contributed by atoms with E-state index in [9.17, 15) is 4.79 Å². The number of H-pyrrole nitrogens is 1. The Labute approximate surface area is 168 Å². The summed E-state index contributed by atoms with van der Waals surface area (Å²) in [6.07, 6.45) is 0. The Hall–Kier alpha value is -2.76. The minimum Gasteiger partial charge on any atom is -0.334 e. The van der Waals surface area contributed by atoms with Gasteiger partial charge < -0.3 is 10.3 Å². The summed E-state index contributed by atoms with van der Waals surface area (Å²) in [7, 11) is 0. The highest BCUT2D eigenvalue weighted by Crippen LogP contribution is 2.30. The summed E-state index contributed by atoms with van der Waals surface area (Å²) in [5.41, 5.74) is 3.23. The van der Waals surface area contributed by atoms with E-state index in [1.807, 2.05) is 41.8 Å². The number of nitrogens with zero attached hydrogens (tertiary/aromatic N) is 1. The zero-order chi connectivity index (χ0) is 19.5. The van der Waals surface area contributed by atoms with Gasteiger partial charge in [0.05, 0.1) is 5.39 Å². The molecule has 2 aromatic heterocycles. The van der Waals surface area contributed by atoms with Crippen LogP contribution in [0.1, 0.15) is 31.3 Å². The van der Waals surface area contributed by atoms with Gasteiger partial charge in [0.1, 0.15) is 17.4 Å². The second kappa shape index (κ2) is 8.09. The van der Waals surface area contributed by atoms with Crippen LogP contribution in [0.5, 0.6) is 0 Å². The molecule has 0 saturated carbocycles. The minimum atomic E-state index is -0.0608. The number of rotatable bonds is 6. The largest absolute Gasteiger partial charge is 0.334 e. The van der Waals surface area contributed by atoms with Gasteiger partial charge in [-0.3, -0.25) is 4.79 Å². The maximum atomic E-state index is 12.8. The number of aromatic nitrogens is 2. The number of hydrogen-bond donors (Lipinski definition) is 2. The lowest BCUT2D eigenvalue weighted by atomic mass is 9.96. The van der Waals surface area contributed by atoms with Crippen molar-refractivity contribution < 1.29 is 5.32 Å². The molecule has 3 N–H and O–H groups in total. The zero-order valence-corrected chi connectivity index (χ0v) is 16.9. The van der Waals surface area contributed by atoms with Crippen molar-refractivity contribution in [2.24, 2.45) is 5.92 Å². The minimum absolute atomic E-state index is 0.0608. The molecule has 0 unspecified atom stereocenters. The standard InChI is InChI=1S/C23H23N3OS/c1-15(2)21(17-11-7-4-8-12-17)24-13-19-25-22(27)20-18(14-28-23(20)26-19)16-9-5-3-6-10-16/h3-12,14-15,21,24H,13H2,1-2H3,(H,25,26,27)/p+1/t21-/m0/s1. The van der Waals surface area contributed by atoms with Crippen LogP contribution in [-0.2, 0) is 6.54 Å². The summed E-state index contributed by atoms with van der Waals surface area (Å²) in [5.74, 6) is 1.20. The van der Waals surface area contributed by atoms with Crippen LogP contribution < -0.4 is 10.9 Å². The van der Waals surface area contributed by atoms with Gasteiger partial charge in [-0.2, -0.15) is 0 Å². The molecule has 0 aliphatic heterocycles. The third kappa shape index (κ3) is 3.77. The SMILES string of the molecule is CC(C)[C@H]([NH2+]Cc1nc2scc(-c3ccccc3)c2c(=O)[nH]1)c1ccccc1. The van der Waals surface area contributed by atoms with Crippen molar-refractivity contribution >= 4 is 21.6 Å². The summed E-state index contributed by atoms with van der Waals surface area (Å²) in [6, 6.07) is 20.8. The number of nitrogens with one attached hydrogen (secondary N) is 1. The topological polar surface area (TPSA) is 62.4 Å². The van der Waals surface area contributed by atoms with E-state index in [4.69, 9.17) is 4.98 Å². The van der Waals surface area contributed by atoms with E-state index in [1.54, 1.807) is 0 Å². The van der Waals surface area contributed by atoms with E-state index < -0.39 is 0 Å². The Morgan fingerprint density at radius 3 is 2.39 bits per heavy atom. The molecular formula is C23H24N3OS+. The van der Waals surface area contributed by atoms with Gasteiger partial charge in [0, 0.05) is 22.4 Å². The molecule has 28 heavy (non-hydrogen) atoms. The van der Waals surface area contributed by atoms with Crippen molar-refractivity contribution in [3.05, 3.63) is 87.8 Å². The molecule has 1 atom stereocenters. The third-order valence-electron chi connectivity index (χ3n) is 5.05. The van der Waals surface area contributed by atoms with Crippen LogP contribution in [0.3, 0.4) is 0 Å². The molecule has 2 heterocycles. The van der Waals surface area contributed by atoms with Crippen molar-refractivity contribution in [1.29, 1.82) is 0 Å². The molecule has 4 nitrogen and oxygen atoms in total. The molecule has 0 aliphatic rings. The Balaban J connectivity index is 1.61. The van der Waals surface area contributed by atoms with E-state index >= 15 is 0 Å². The molecule has 5 heteroatoms. The predicted octanol–water partition coefficient (Wildman–Crippen LogP) is 4.11. The van der Waals surface area contributed by atoms with E-state index in [-0.39, 0.29) is 5.56 Å². The maximum absolute atomic E-state index is 12.8. The summed E-state index contributed by atoms with van der Waals surface area (Å²) in [5, 5.41) is 4.97. The number of aromatic amines is 1. The lowest BCUT2D eigenvalue weighted by Crippen LogP contribution is -2.85. The highest BCUT2D eigenvalue weighted by atomic mass is 32.1. The predicted molar refractivity (Wildman–Crippen MR) is 115 cm³/mol.